The molecule has 144 valence electrons. The fourth-order valence-corrected chi connectivity index (χ4v) is 1.76. The fraction of sp³-hybridized carbons (Fsp3) is 0.105. The summed E-state index contributed by atoms with van der Waals surface area (Å²) >= 11 is 0. The Bertz CT molecular complexity index is 785. The summed E-state index contributed by atoms with van der Waals surface area (Å²) < 4.78 is 72.4. The summed E-state index contributed by atoms with van der Waals surface area (Å²) in [4.78, 5) is 10.1. The van der Waals surface area contributed by atoms with E-state index < -0.39 is 29.4 Å². The van der Waals surface area contributed by atoms with Gasteiger partial charge in [-0.25, -0.2) is 4.79 Å². The number of rotatable bonds is 3. The zero-order valence-corrected chi connectivity index (χ0v) is 13.7. The molecule has 0 bridgehead atoms. The molecule has 0 atom stereocenters. The molecule has 0 saturated carbocycles. The summed E-state index contributed by atoms with van der Waals surface area (Å²) in [6.45, 7) is 3.44. The third-order valence-corrected chi connectivity index (χ3v) is 3.13. The van der Waals surface area contributed by atoms with Gasteiger partial charge in [0.1, 0.15) is 0 Å². The van der Waals surface area contributed by atoms with Gasteiger partial charge in [0.15, 0.2) is 0 Å². The first kappa shape index (κ1) is 22.0. The Labute approximate surface area is 151 Å². The lowest BCUT2D eigenvalue weighted by atomic mass is 10.1. The molecule has 0 saturated heterocycles. The van der Waals surface area contributed by atoms with Crippen LogP contribution in [0.2, 0.25) is 0 Å². The molecule has 2 rings (SSSR count). The minimum atomic E-state index is -4.37. The zero-order chi connectivity index (χ0) is 20.7. The van der Waals surface area contributed by atoms with Gasteiger partial charge in [-0.15, -0.1) is 0 Å². The van der Waals surface area contributed by atoms with E-state index in [1.807, 2.05) is 0 Å². The first-order valence-corrected chi connectivity index (χ1v) is 7.31. The summed E-state index contributed by atoms with van der Waals surface area (Å²) in [5.74, 6) is -1.14. The van der Waals surface area contributed by atoms with E-state index in [2.05, 4.69) is 6.58 Å². The first-order chi connectivity index (χ1) is 12.4. The molecule has 0 fully saturated rings. The molecule has 0 amide bonds. The molecule has 27 heavy (non-hydrogen) atoms. The Morgan fingerprint density at radius 1 is 0.778 bits per heavy atom. The highest BCUT2D eigenvalue weighted by molar-refractivity contribution is 5.85. The van der Waals surface area contributed by atoms with Crippen molar-refractivity contribution in [2.75, 3.05) is 0 Å². The lowest BCUT2D eigenvalue weighted by Gasteiger charge is -2.05. The van der Waals surface area contributed by atoms with E-state index in [0.717, 1.165) is 30.3 Å². The van der Waals surface area contributed by atoms with Crippen LogP contribution in [0.3, 0.4) is 0 Å². The monoisotopic (exact) mass is 388 g/mol. The van der Waals surface area contributed by atoms with Crippen LogP contribution in [0, 0.1) is 0 Å². The Balaban J connectivity index is 0.000000277. The van der Waals surface area contributed by atoms with Crippen molar-refractivity contribution in [3.05, 3.63) is 83.4 Å². The minimum Gasteiger partial charge on any atom is -0.478 e. The number of carboxylic acids is 1. The van der Waals surface area contributed by atoms with Crippen LogP contribution in [-0.4, -0.2) is 11.1 Å². The molecule has 2 aromatic carbocycles. The van der Waals surface area contributed by atoms with E-state index in [9.17, 15) is 31.1 Å². The molecule has 0 radical (unpaired) electrons. The molecule has 0 unspecified atom stereocenters. The number of hydrogen-bond donors (Lipinski definition) is 1. The molecule has 0 aromatic heterocycles. The number of carbonyl (C=O) groups is 1. The molecule has 0 aliphatic carbocycles. The van der Waals surface area contributed by atoms with Gasteiger partial charge in [0.25, 0.3) is 0 Å². The van der Waals surface area contributed by atoms with E-state index in [0.29, 0.717) is 11.1 Å². The van der Waals surface area contributed by atoms with Crippen LogP contribution in [0.25, 0.3) is 12.2 Å². The average Bonchev–Trinajstić information content (AvgIpc) is 2.59. The highest BCUT2D eigenvalue weighted by Crippen LogP contribution is 2.29. The SMILES string of the molecule is C=Cc1ccc(C(F)(F)F)cc1.O=C(O)C=Cc1ccc(C(F)(F)F)cc1. The second-order valence-corrected chi connectivity index (χ2v) is 5.12. The van der Waals surface area contributed by atoms with Crippen LogP contribution < -0.4 is 0 Å². The molecule has 0 spiro atoms. The molecule has 2 nitrogen and oxygen atoms in total. The summed E-state index contributed by atoms with van der Waals surface area (Å²) in [7, 11) is 0. The van der Waals surface area contributed by atoms with Gasteiger partial charge < -0.3 is 5.11 Å². The van der Waals surface area contributed by atoms with Gasteiger partial charge in [0, 0.05) is 6.08 Å². The van der Waals surface area contributed by atoms with Crippen LogP contribution in [0.4, 0.5) is 26.3 Å². The smallest absolute Gasteiger partial charge is 0.416 e. The van der Waals surface area contributed by atoms with E-state index in [-0.39, 0.29) is 0 Å². The Kier molecular flexibility index (Phi) is 7.39. The quantitative estimate of drug-likeness (QED) is 0.506. The number of hydrogen-bond acceptors (Lipinski definition) is 1. The van der Waals surface area contributed by atoms with Crippen molar-refractivity contribution in [3.8, 4) is 0 Å². The van der Waals surface area contributed by atoms with Crippen LogP contribution in [-0.2, 0) is 17.1 Å². The van der Waals surface area contributed by atoms with Gasteiger partial charge in [-0.1, -0.05) is 36.9 Å². The van der Waals surface area contributed by atoms with Gasteiger partial charge in [-0.2, -0.15) is 26.3 Å². The number of carboxylic acid groups (broad SMARTS) is 1. The van der Waals surface area contributed by atoms with E-state index >= 15 is 0 Å². The maximum absolute atomic E-state index is 12.1. The fourth-order valence-electron chi connectivity index (χ4n) is 1.76. The second kappa shape index (κ2) is 9.07. The molecular weight excluding hydrogens is 374 g/mol. The minimum absolute atomic E-state index is 0.408. The van der Waals surface area contributed by atoms with Crippen LogP contribution >= 0.6 is 0 Å². The molecular formula is C19H14F6O2. The Hall–Kier alpha value is -3.03. The van der Waals surface area contributed by atoms with Crippen molar-refractivity contribution in [1.29, 1.82) is 0 Å². The third-order valence-electron chi connectivity index (χ3n) is 3.13. The van der Waals surface area contributed by atoms with Gasteiger partial charge in [-0.3, -0.25) is 0 Å². The van der Waals surface area contributed by atoms with Crippen molar-refractivity contribution in [3.63, 3.8) is 0 Å². The predicted molar refractivity (Wildman–Crippen MR) is 89.6 cm³/mol. The maximum Gasteiger partial charge on any atom is 0.416 e. The Morgan fingerprint density at radius 2 is 1.15 bits per heavy atom. The number of alkyl halides is 6. The van der Waals surface area contributed by atoms with Gasteiger partial charge in [0.05, 0.1) is 11.1 Å². The third kappa shape index (κ3) is 7.81. The molecule has 0 aliphatic rings. The summed E-state index contributed by atoms with van der Waals surface area (Å²) in [6.07, 6.45) is -5.03. The van der Waals surface area contributed by atoms with Crippen LogP contribution in [0.15, 0.2) is 61.2 Å². The number of halogens is 6. The number of aliphatic carboxylic acids is 1. The van der Waals surface area contributed by atoms with E-state index in [1.165, 1.54) is 36.4 Å². The average molecular weight is 388 g/mol. The van der Waals surface area contributed by atoms with Crippen molar-refractivity contribution in [2.24, 2.45) is 0 Å². The predicted octanol–water partition coefficient (Wildman–Crippen LogP) is 6.15. The topological polar surface area (TPSA) is 37.3 Å². The summed E-state index contributed by atoms with van der Waals surface area (Å²) in [6, 6.07) is 9.08. The van der Waals surface area contributed by atoms with Crippen molar-refractivity contribution < 1.29 is 36.2 Å². The zero-order valence-electron chi connectivity index (χ0n) is 13.7. The van der Waals surface area contributed by atoms with Crippen molar-refractivity contribution in [2.45, 2.75) is 12.4 Å². The molecule has 0 heterocycles. The molecule has 8 heteroatoms. The number of benzene rings is 2. The van der Waals surface area contributed by atoms with Crippen molar-refractivity contribution in [1.82, 2.24) is 0 Å². The van der Waals surface area contributed by atoms with Gasteiger partial charge in [-0.05, 0) is 41.5 Å². The van der Waals surface area contributed by atoms with Crippen molar-refractivity contribution >= 4 is 18.1 Å². The first-order valence-electron chi connectivity index (χ1n) is 7.31. The van der Waals surface area contributed by atoms with Crippen LogP contribution in [0.5, 0.6) is 0 Å². The summed E-state index contributed by atoms with van der Waals surface area (Å²) in [5, 5.41) is 8.29. The highest BCUT2D eigenvalue weighted by atomic mass is 19.4. The normalized spacial score (nSPS) is 11.6. The van der Waals surface area contributed by atoms with Crippen LogP contribution in [0.1, 0.15) is 22.3 Å². The molecule has 1 N–H and O–H groups in total. The van der Waals surface area contributed by atoms with Gasteiger partial charge >= 0.3 is 18.3 Å². The standard InChI is InChI=1S/C10H7F3O2.C9H7F3/c11-10(12,13)8-4-1-7(2-5-8)3-6-9(14)15;1-2-7-3-5-8(6-4-7)9(10,11)12/h1-6H,(H,14,15);2-6H,1H2. The lowest BCUT2D eigenvalue weighted by Crippen LogP contribution is -2.03. The maximum atomic E-state index is 12.1. The van der Waals surface area contributed by atoms with E-state index in [4.69, 9.17) is 5.11 Å². The Morgan fingerprint density at radius 3 is 1.44 bits per heavy atom. The lowest BCUT2D eigenvalue weighted by molar-refractivity contribution is -0.138. The van der Waals surface area contributed by atoms with Gasteiger partial charge in [0.2, 0.25) is 0 Å². The second-order valence-electron chi connectivity index (χ2n) is 5.12. The van der Waals surface area contributed by atoms with E-state index in [1.54, 1.807) is 0 Å². The molecule has 2 aromatic rings. The highest BCUT2D eigenvalue weighted by Gasteiger charge is 2.30. The summed E-state index contributed by atoms with van der Waals surface area (Å²) in [5.41, 5.74) is -0.295. The largest absolute Gasteiger partial charge is 0.478 e. The molecule has 0 aliphatic heterocycles.